The third-order valence-corrected chi connectivity index (χ3v) is 3.89. The maximum absolute atomic E-state index is 11.8. The molecule has 0 bridgehead atoms. The lowest BCUT2D eigenvalue weighted by Crippen LogP contribution is -2.46. The number of alkyl carbamates (subject to hydrolysis) is 1. The number of hydrogen-bond acceptors (Lipinski definition) is 7. The Kier molecular flexibility index (Phi) is 7.39. The van der Waals surface area contributed by atoms with Crippen LogP contribution in [0.5, 0.6) is 11.8 Å². The van der Waals surface area contributed by atoms with E-state index in [1.807, 2.05) is 24.3 Å². The molecular weight excluding hydrogens is 372 g/mol. The van der Waals surface area contributed by atoms with Crippen molar-refractivity contribution in [2.24, 2.45) is 0 Å². The molecule has 8 heteroatoms. The minimum absolute atomic E-state index is 0.200. The fraction of sp³-hybridized carbons (Fsp3) is 0.476. The zero-order valence-corrected chi connectivity index (χ0v) is 17.8. The molecule has 2 atom stereocenters. The quantitative estimate of drug-likeness (QED) is 0.600. The normalized spacial score (nSPS) is 13.5. The van der Waals surface area contributed by atoms with Crippen molar-refractivity contribution < 1.29 is 19.4 Å². The lowest BCUT2D eigenvalue weighted by Gasteiger charge is -2.25. The van der Waals surface area contributed by atoms with Crippen LogP contribution in [0.15, 0.2) is 36.7 Å². The van der Waals surface area contributed by atoms with Gasteiger partial charge in [-0.25, -0.2) is 14.8 Å². The molecule has 0 saturated heterocycles. The van der Waals surface area contributed by atoms with Gasteiger partial charge < -0.3 is 25.2 Å². The minimum Gasteiger partial charge on any atom is -0.444 e. The molecule has 0 saturated carbocycles. The van der Waals surface area contributed by atoms with E-state index in [0.717, 1.165) is 5.56 Å². The monoisotopic (exact) mass is 402 g/mol. The Morgan fingerprint density at radius 3 is 2.38 bits per heavy atom. The fourth-order valence-corrected chi connectivity index (χ4v) is 2.35. The first-order valence-corrected chi connectivity index (χ1v) is 9.57. The van der Waals surface area contributed by atoms with Crippen molar-refractivity contribution in [3.05, 3.63) is 42.2 Å². The van der Waals surface area contributed by atoms with Crippen LogP contribution in [0.1, 0.15) is 53.0 Å². The van der Waals surface area contributed by atoms with Gasteiger partial charge in [0.2, 0.25) is 0 Å². The molecule has 1 amide bonds. The highest BCUT2D eigenvalue weighted by atomic mass is 16.6. The Morgan fingerprint density at radius 2 is 1.79 bits per heavy atom. The number of rotatable bonds is 7. The predicted molar refractivity (Wildman–Crippen MR) is 111 cm³/mol. The summed E-state index contributed by atoms with van der Waals surface area (Å²) in [5.74, 6) is 1.05. The van der Waals surface area contributed by atoms with Crippen molar-refractivity contribution in [1.82, 2.24) is 15.3 Å². The lowest BCUT2D eigenvalue weighted by molar-refractivity contribution is 0.0455. The first kappa shape index (κ1) is 22.4. The van der Waals surface area contributed by atoms with Gasteiger partial charge >= 0.3 is 12.1 Å². The lowest BCUT2D eigenvalue weighted by atomic mass is 10.0. The second kappa shape index (κ2) is 9.56. The third kappa shape index (κ3) is 7.57. The van der Waals surface area contributed by atoms with Crippen molar-refractivity contribution in [2.75, 3.05) is 5.32 Å². The number of nitrogens with zero attached hydrogens (tertiary/aromatic N) is 2. The molecule has 0 aliphatic rings. The second-order valence-corrected chi connectivity index (χ2v) is 8.11. The first-order valence-electron chi connectivity index (χ1n) is 9.57. The molecule has 2 unspecified atom stereocenters. The summed E-state index contributed by atoms with van der Waals surface area (Å²) >= 11 is 0. The van der Waals surface area contributed by atoms with E-state index in [4.69, 9.17) is 9.47 Å². The van der Waals surface area contributed by atoms with E-state index < -0.39 is 24.0 Å². The minimum atomic E-state index is -1.05. The Labute approximate surface area is 171 Å². The zero-order chi connectivity index (χ0) is 21.6. The number of aromatic nitrogens is 2. The van der Waals surface area contributed by atoms with Gasteiger partial charge in [-0.15, -0.1) is 0 Å². The van der Waals surface area contributed by atoms with Gasteiger partial charge in [0.25, 0.3) is 0 Å². The van der Waals surface area contributed by atoms with Crippen molar-refractivity contribution >= 4 is 11.8 Å². The second-order valence-electron chi connectivity index (χ2n) is 8.11. The molecule has 0 fully saturated rings. The van der Waals surface area contributed by atoms with E-state index in [1.165, 1.54) is 12.4 Å². The number of ether oxygens (including phenoxy) is 2. The van der Waals surface area contributed by atoms with E-state index in [9.17, 15) is 9.90 Å². The van der Waals surface area contributed by atoms with Gasteiger partial charge in [0.05, 0.1) is 24.1 Å². The molecule has 0 spiro atoms. The smallest absolute Gasteiger partial charge is 0.408 e. The van der Waals surface area contributed by atoms with Crippen molar-refractivity contribution in [3.8, 4) is 11.8 Å². The number of carbonyl (C=O) groups excluding carboxylic acids is 1. The zero-order valence-electron chi connectivity index (χ0n) is 17.8. The number of carbonyl (C=O) groups is 1. The predicted octanol–water partition coefficient (Wildman–Crippen LogP) is 4.04. The van der Waals surface area contributed by atoms with Crippen molar-refractivity contribution in [2.45, 2.75) is 65.3 Å². The van der Waals surface area contributed by atoms with Crippen LogP contribution in [0.25, 0.3) is 0 Å². The molecule has 1 aromatic heterocycles. The molecule has 8 nitrogen and oxygen atoms in total. The van der Waals surface area contributed by atoms with Crippen molar-refractivity contribution in [1.29, 1.82) is 0 Å². The van der Waals surface area contributed by atoms with Crippen LogP contribution >= 0.6 is 0 Å². The number of amides is 1. The number of hydrogen-bond donors (Lipinski definition) is 3. The largest absolute Gasteiger partial charge is 0.444 e. The molecule has 1 heterocycles. The van der Waals surface area contributed by atoms with Crippen LogP contribution in [0.4, 0.5) is 10.5 Å². The van der Waals surface area contributed by atoms with Gasteiger partial charge in [0.15, 0.2) is 0 Å². The molecule has 0 aliphatic carbocycles. The number of aliphatic hydroxyl groups excluding tert-OH is 1. The highest BCUT2D eigenvalue weighted by Gasteiger charge is 2.21. The highest BCUT2D eigenvalue weighted by Crippen LogP contribution is 2.23. The van der Waals surface area contributed by atoms with Gasteiger partial charge in [-0.2, -0.15) is 0 Å². The third-order valence-electron chi connectivity index (χ3n) is 3.89. The van der Waals surface area contributed by atoms with E-state index in [2.05, 4.69) is 34.4 Å². The van der Waals surface area contributed by atoms with Gasteiger partial charge in [0.1, 0.15) is 17.6 Å². The molecule has 2 rings (SSSR count). The Hall–Kier alpha value is -2.87. The molecule has 2 aromatic rings. The van der Waals surface area contributed by atoms with Crippen LogP contribution in [-0.2, 0) is 4.74 Å². The maximum Gasteiger partial charge on any atom is 0.408 e. The summed E-state index contributed by atoms with van der Waals surface area (Å²) in [6.45, 7) is 11.2. The highest BCUT2D eigenvalue weighted by molar-refractivity contribution is 5.68. The van der Waals surface area contributed by atoms with E-state index in [1.54, 1.807) is 27.7 Å². The summed E-state index contributed by atoms with van der Waals surface area (Å²) < 4.78 is 10.9. The fourth-order valence-electron chi connectivity index (χ4n) is 2.35. The Morgan fingerprint density at radius 1 is 1.14 bits per heavy atom. The molecule has 0 aliphatic heterocycles. The summed E-state index contributed by atoms with van der Waals surface area (Å²) in [5, 5.41) is 15.6. The number of benzene rings is 1. The molecular formula is C21H30N4O4. The van der Waals surface area contributed by atoms with Crippen molar-refractivity contribution in [3.63, 3.8) is 0 Å². The number of anilines is 1. The van der Waals surface area contributed by atoms with Crippen LogP contribution in [0.2, 0.25) is 0 Å². The first-order chi connectivity index (χ1) is 13.5. The van der Waals surface area contributed by atoms with Crippen LogP contribution < -0.4 is 15.4 Å². The molecule has 29 heavy (non-hydrogen) atoms. The summed E-state index contributed by atoms with van der Waals surface area (Å²) in [5.41, 5.74) is 1.04. The summed E-state index contributed by atoms with van der Waals surface area (Å²) in [7, 11) is 0. The van der Waals surface area contributed by atoms with Crippen LogP contribution in [0.3, 0.4) is 0 Å². The Balaban J connectivity index is 1.91. The molecule has 0 radical (unpaired) electrons. The van der Waals surface area contributed by atoms with Gasteiger partial charge in [-0.3, -0.25) is 0 Å². The van der Waals surface area contributed by atoms with Gasteiger partial charge in [0, 0.05) is 0 Å². The van der Waals surface area contributed by atoms with E-state index in [-0.39, 0.29) is 6.01 Å². The number of aliphatic hydroxyl groups is 1. The Bertz CT molecular complexity index is 803. The van der Waals surface area contributed by atoms with Gasteiger partial charge in [-0.1, -0.05) is 26.0 Å². The topological polar surface area (TPSA) is 106 Å². The molecule has 158 valence electrons. The van der Waals surface area contributed by atoms with Crippen LogP contribution in [-0.4, -0.2) is 39.0 Å². The summed E-state index contributed by atoms with van der Waals surface area (Å²) in [6.07, 6.45) is 1.34. The molecule has 3 N–H and O–H groups in total. The van der Waals surface area contributed by atoms with Crippen LogP contribution in [0, 0.1) is 0 Å². The standard InChI is InChI=1S/C21H30N4O4/c1-13(2)15-8-7-9-17(10-15)28-19-22-11-16(12-23-19)25-18(26)14(3)24-20(27)29-21(4,5)6/h7-14,18,25-26H,1-6H3,(H,24,27). The average molecular weight is 402 g/mol. The van der Waals surface area contributed by atoms with Gasteiger partial charge in [-0.05, 0) is 51.3 Å². The average Bonchev–Trinajstić information content (AvgIpc) is 2.61. The maximum atomic E-state index is 11.8. The van der Waals surface area contributed by atoms with E-state index in [0.29, 0.717) is 17.4 Å². The number of nitrogens with one attached hydrogen (secondary N) is 2. The SMILES string of the molecule is CC(C)c1cccc(Oc2ncc(NC(O)C(C)NC(=O)OC(C)(C)C)cn2)c1. The van der Waals surface area contributed by atoms with E-state index >= 15 is 0 Å². The summed E-state index contributed by atoms with van der Waals surface area (Å²) in [4.78, 5) is 20.1. The summed E-state index contributed by atoms with van der Waals surface area (Å²) in [6, 6.07) is 7.36. The molecule has 1 aromatic carbocycles.